The molecule has 0 bridgehead atoms. The van der Waals surface area contributed by atoms with Crippen molar-refractivity contribution in [3.05, 3.63) is 29.8 Å². The molecule has 1 rings (SSSR count). The van der Waals surface area contributed by atoms with E-state index < -0.39 is 13.3 Å². The zero-order chi connectivity index (χ0) is 10.6. The molecule has 0 saturated heterocycles. The Labute approximate surface area is 93.2 Å². The molecule has 0 aliphatic carbocycles. The van der Waals surface area contributed by atoms with E-state index in [4.69, 9.17) is 10.0 Å². The van der Waals surface area contributed by atoms with E-state index >= 15 is 0 Å². The van der Waals surface area contributed by atoms with Crippen LogP contribution < -0.4 is 4.65 Å². The van der Waals surface area contributed by atoms with E-state index in [0.29, 0.717) is 0 Å². The number of hydrogen-bond donors (Lipinski definition) is 2. The van der Waals surface area contributed by atoms with Crippen LogP contribution in [0.5, 0.6) is 5.75 Å². The number of ether oxygens (including phenoxy) is 1. The number of para-hydroxylation sites is 1. The van der Waals surface area contributed by atoms with Crippen LogP contribution in [-0.2, 0) is 4.74 Å². The predicted octanol–water partition coefficient (Wildman–Crippen LogP) is 0.243. The van der Waals surface area contributed by atoms with Gasteiger partial charge in [-0.25, -0.2) is 4.79 Å². The van der Waals surface area contributed by atoms with Crippen molar-refractivity contribution in [1.29, 1.82) is 0 Å². The highest BCUT2D eigenvalue weighted by molar-refractivity contribution is 6.34. The summed E-state index contributed by atoms with van der Waals surface area (Å²) in [4.78, 5) is 11.2. The molecule has 0 aliphatic rings. The highest BCUT2D eigenvalue weighted by Gasteiger charge is 2.17. The van der Waals surface area contributed by atoms with Crippen LogP contribution in [0, 0.1) is 0 Å². The fourth-order valence-electron chi connectivity index (χ4n) is 0.962. The molecule has 0 atom stereocenters. The van der Waals surface area contributed by atoms with E-state index in [1.807, 2.05) is 0 Å². The molecule has 2 N–H and O–H groups in total. The van der Waals surface area contributed by atoms with E-state index in [-0.39, 0.29) is 23.7 Å². The average molecular weight is 232 g/mol. The van der Waals surface area contributed by atoms with Gasteiger partial charge in [0.05, 0.1) is 12.7 Å². The summed E-state index contributed by atoms with van der Waals surface area (Å²) >= 11 is 0. The maximum atomic E-state index is 11.2. The van der Waals surface area contributed by atoms with Gasteiger partial charge >= 0.3 is 13.3 Å². The van der Waals surface area contributed by atoms with Gasteiger partial charge in [0, 0.05) is 0 Å². The molecular formula is C8H10BClO5. The summed E-state index contributed by atoms with van der Waals surface area (Å²) in [5.41, 5.74) is 0.142. The molecule has 0 saturated carbocycles. The number of carbonyl (C=O) groups is 1. The molecule has 0 fully saturated rings. The number of hydrogen-bond acceptors (Lipinski definition) is 5. The molecule has 82 valence electrons. The number of rotatable bonds is 3. The lowest BCUT2D eigenvalue weighted by Gasteiger charge is -2.08. The SMILES string of the molecule is COC(=O)c1ccccc1OB(O)O.Cl. The smallest absolute Gasteiger partial charge is 0.511 e. The molecule has 7 heteroatoms. The van der Waals surface area contributed by atoms with Crippen LogP contribution >= 0.6 is 12.4 Å². The first-order valence-electron chi connectivity index (χ1n) is 3.85. The Morgan fingerprint density at radius 2 is 1.93 bits per heavy atom. The highest BCUT2D eigenvalue weighted by atomic mass is 35.5. The monoisotopic (exact) mass is 232 g/mol. The Kier molecular flexibility index (Phi) is 5.77. The second-order valence-corrected chi connectivity index (χ2v) is 2.43. The van der Waals surface area contributed by atoms with Gasteiger partial charge in [0.1, 0.15) is 5.75 Å². The Bertz CT molecular complexity index is 331. The van der Waals surface area contributed by atoms with E-state index in [0.717, 1.165) is 0 Å². The van der Waals surface area contributed by atoms with E-state index in [9.17, 15) is 4.79 Å². The first kappa shape index (κ1) is 13.8. The van der Waals surface area contributed by atoms with Crippen LogP contribution in [0.3, 0.4) is 0 Å². The Morgan fingerprint density at radius 3 is 2.47 bits per heavy atom. The third-order valence-electron chi connectivity index (χ3n) is 1.52. The van der Waals surface area contributed by atoms with Gasteiger partial charge in [-0.3, -0.25) is 0 Å². The van der Waals surface area contributed by atoms with Gasteiger partial charge in [-0.05, 0) is 12.1 Å². The zero-order valence-corrected chi connectivity index (χ0v) is 8.73. The number of halogens is 1. The van der Waals surface area contributed by atoms with Crippen molar-refractivity contribution in [3.8, 4) is 5.75 Å². The van der Waals surface area contributed by atoms with Gasteiger partial charge in [-0.15, -0.1) is 12.4 Å². The fraction of sp³-hybridized carbons (Fsp3) is 0.125. The van der Waals surface area contributed by atoms with Crippen LogP contribution in [-0.4, -0.2) is 30.4 Å². The predicted molar refractivity (Wildman–Crippen MR) is 55.8 cm³/mol. The van der Waals surface area contributed by atoms with Gasteiger partial charge in [-0.1, -0.05) is 12.1 Å². The number of benzene rings is 1. The van der Waals surface area contributed by atoms with Crippen molar-refractivity contribution in [2.75, 3.05) is 7.11 Å². The minimum atomic E-state index is -1.96. The van der Waals surface area contributed by atoms with Crippen LogP contribution in [0.15, 0.2) is 24.3 Å². The molecule has 0 aromatic heterocycles. The van der Waals surface area contributed by atoms with Crippen molar-refractivity contribution in [1.82, 2.24) is 0 Å². The highest BCUT2D eigenvalue weighted by Crippen LogP contribution is 2.18. The second-order valence-electron chi connectivity index (χ2n) is 2.43. The van der Waals surface area contributed by atoms with Crippen LogP contribution in [0.2, 0.25) is 0 Å². The normalized spacial score (nSPS) is 8.73. The quantitative estimate of drug-likeness (QED) is 0.577. The topological polar surface area (TPSA) is 76.0 Å². The van der Waals surface area contributed by atoms with Crippen LogP contribution in [0.1, 0.15) is 10.4 Å². The number of carbonyl (C=O) groups excluding carboxylic acids is 1. The standard InChI is InChI=1S/C8H9BO5.ClH/c1-13-8(10)6-4-2-3-5-7(6)14-9(11)12;/h2-5,11-12H,1H3;1H. The molecule has 0 spiro atoms. The molecular weight excluding hydrogens is 222 g/mol. The van der Waals surface area contributed by atoms with Gasteiger partial charge in [0.2, 0.25) is 0 Å². The molecule has 1 aromatic rings. The van der Waals surface area contributed by atoms with Crippen molar-refractivity contribution in [2.24, 2.45) is 0 Å². The number of esters is 1. The summed E-state index contributed by atoms with van der Waals surface area (Å²) in [6.07, 6.45) is 0. The van der Waals surface area contributed by atoms with Gasteiger partial charge in [-0.2, -0.15) is 0 Å². The average Bonchev–Trinajstić information content (AvgIpc) is 2.16. The third-order valence-corrected chi connectivity index (χ3v) is 1.52. The zero-order valence-electron chi connectivity index (χ0n) is 7.91. The largest absolute Gasteiger partial charge is 0.707 e. The van der Waals surface area contributed by atoms with Gasteiger partial charge < -0.3 is 19.4 Å². The molecule has 0 unspecified atom stereocenters. The summed E-state index contributed by atoms with van der Waals surface area (Å²) in [7, 11) is -0.727. The number of methoxy groups -OCH3 is 1. The molecule has 0 amide bonds. The van der Waals surface area contributed by atoms with E-state index in [1.165, 1.54) is 19.2 Å². The lowest BCUT2D eigenvalue weighted by atomic mass is 10.1. The molecule has 1 aromatic carbocycles. The van der Waals surface area contributed by atoms with Crippen molar-refractivity contribution < 1.29 is 24.2 Å². The molecule has 5 nitrogen and oxygen atoms in total. The van der Waals surface area contributed by atoms with Crippen LogP contribution in [0.4, 0.5) is 0 Å². The Balaban J connectivity index is 0.00000196. The molecule has 0 aliphatic heterocycles. The summed E-state index contributed by atoms with van der Waals surface area (Å²) in [6.45, 7) is 0. The second kappa shape index (κ2) is 6.29. The van der Waals surface area contributed by atoms with Crippen molar-refractivity contribution in [2.45, 2.75) is 0 Å². The summed E-state index contributed by atoms with van der Waals surface area (Å²) in [5.74, 6) is -0.532. The van der Waals surface area contributed by atoms with Crippen molar-refractivity contribution >= 4 is 25.7 Å². The Morgan fingerprint density at radius 1 is 1.33 bits per heavy atom. The lowest BCUT2D eigenvalue weighted by molar-refractivity contribution is 0.0598. The first-order valence-corrected chi connectivity index (χ1v) is 3.85. The molecule has 15 heavy (non-hydrogen) atoms. The maximum absolute atomic E-state index is 11.2. The van der Waals surface area contributed by atoms with Gasteiger partial charge in [0.25, 0.3) is 0 Å². The first-order chi connectivity index (χ1) is 6.65. The molecule has 0 heterocycles. The summed E-state index contributed by atoms with van der Waals surface area (Å²) in [6, 6.07) is 6.11. The summed E-state index contributed by atoms with van der Waals surface area (Å²) < 4.78 is 9.05. The van der Waals surface area contributed by atoms with Crippen molar-refractivity contribution in [3.63, 3.8) is 0 Å². The fourth-order valence-corrected chi connectivity index (χ4v) is 0.962. The van der Waals surface area contributed by atoms with E-state index in [2.05, 4.69) is 9.39 Å². The van der Waals surface area contributed by atoms with Gasteiger partial charge in [0.15, 0.2) is 0 Å². The summed E-state index contributed by atoms with van der Waals surface area (Å²) in [5, 5.41) is 17.1. The van der Waals surface area contributed by atoms with Crippen LogP contribution in [0.25, 0.3) is 0 Å². The minimum Gasteiger partial charge on any atom is -0.511 e. The minimum absolute atomic E-state index is 0. The Hall–Kier alpha value is -1.24. The van der Waals surface area contributed by atoms with E-state index in [1.54, 1.807) is 12.1 Å². The molecule has 0 radical (unpaired) electrons. The third kappa shape index (κ3) is 3.79. The lowest BCUT2D eigenvalue weighted by Crippen LogP contribution is -2.22. The maximum Gasteiger partial charge on any atom is 0.707 e.